The lowest BCUT2D eigenvalue weighted by Gasteiger charge is -2.12. The largest absolute Gasteiger partial charge is 0.380 e. The Morgan fingerprint density at radius 1 is 1.03 bits per heavy atom. The van der Waals surface area contributed by atoms with E-state index < -0.39 is 5.82 Å². The zero-order valence-corrected chi connectivity index (χ0v) is 16.6. The molecule has 0 fully saturated rings. The molecular weight excluding hydrogens is 383 g/mol. The van der Waals surface area contributed by atoms with E-state index in [0.717, 1.165) is 22.3 Å². The summed E-state index contributed by atoms with van der Waals surface area (Å²) in [6.45, 7) is 2.50. The molecule has 0 aliphatic carbocycles. The third kappa shape index (κ3) is 3.77. The second-order valence-electron chi connectivity index (χ2n) is 6.90. The smallest absolute Gasteiger partial charge is 0.258 e. The molecule has 30 heavy (non-hydrogen) atoms. The molecule has 5 nitrogen and oxygen atoms in total. The molecule has 4 rings (SSSR count). The molecule has 0 unspecified atom stereocenters. The van der Waals surface area contributed by atoms with Crippen LogP contribution in [-0.2, 0) is 11.3 Å². The molecule has 1 aromatic heterocycles. The molecule has 0 bridgehead atoms. The number of hydrogen-bond acceptors (Lipinski definition) is 5. The van der Waals surface area contributed by atoms with Gasteiger partial charge in [0, 0.05) is 18.2 Å². The summed E-state index contributed by atoms with van der Waals surface area (Å²) in [6, 6.07) is 18.2. The summed E-state index contributed by atoms with van der Waals surface area (Å²) in [7, 11) is 1.65. The van der Waals surface area contributed by atoms with Gasteiger partial charge in [0.1, 0.15) is 5.82 Å². The highest BCUT2D eigenvalue weighted by Gasteiger charge is 2.15. The van der Waals surface area contributed by atoms with Crippen LogP contribution in [0.2, 0.25) is 0 Å². The minimum atomic E-state index is -0.626. The number of carbonyl (C=O) groups is 1. The van der Waals surface area contributed by atoms with Gasteiger partial charge in [0.2, 0.25) is 5.82 Å². The van der Waals surface area contributed by atoms with E-state index in [9.17, 15) is 9.18 Å². The topological polar surface area (TPSA) is 65.2 Å². The normalized spacial score (nSPS) is 10.9. The third-order valence-corrected chi connectivity index (χ3v) is 4.90. The van der Waals surface area contributed by atoms with E-state index in [2.05, 4.69) is 29.2 Å². The van der Waals surface area contributed by atoms with Gasteiger partial charge in [-0.3, -0.25) is 4.79 Å². The van der Waals surface area contributed by atoms with E-state index in [4.69, 9.17) is 9.26 Å². The molecule has 0 radical (unpaired) electrons. The molecule has 4 aromatic rings. The Balaban J connectivity index is 1.71. The van der Waals surface area contributed by atoms with Gasteiger partial charge < -0.3 is 9.26 Å². The van der Waals surface area contributed by atoms with Crippen molar-refractivity contribution in [1.82, 2.24) is 10.1 Å². The van der Waals surface area contributed by atoms with E-state index in [-0.39, 0.29) is 11.4 Å². The summed E-state index contributed by atoms with van der Waals surface area (Å²) in [4.78, 5) is 15.2. The van der Waals surface area contributed by atoms with Crippen molar-refractivity contribution in [2.75, 3.05) is 7.11 Å². The van der Waals surface area contributed by atoms with Crippen molar-refractivity contribution in [3.63, 3.8) is 0 Å². The minimum Gasteiger partial charge on any atom is -0.380 e. The van der Waals surface area contributed by atoms with Crippen molar-refractivity contribution in [2.45, 2.75) is 13.5 Å². The number of carbonyl (C=O) groups excluding carboxylic acids is 1. The van der Waals surface area contributed by atoms with Gasteiger partial charge in [-0.05, 0) is 53.4 Å². The SMILES string of the molecule is COCc1cc(-c2nc(-c3ccc(C=O)c(F)c3)no2)ccc1-c1ccccc1C. The number of ether oxygens (including phenoxy) is 1. The molecule has 0 aliphatic rings. The van der Waals surface area contributed by atoms with Crippen LogP contribution in [0.3, 0.4) is 0 Å². The van der Waals surface area contributed by atoms with Crippen LogP contribution >= 0.6 is 0 Å². The fraction of sp³-hybridized carbons (Fsp3) is 0.125. The maximum atomic E-state index is 13.9. The number of methoxy groups -OCH3 is 1. The van der Waals surface area contributed by atoms with Crippen LogP contribution in [0, 0.1) is 12.7 Å². The lowest BCUT2D eigenvalue weighted by Crippen LogP contribution is -1.95. The number of hydrogen-bond donors (Lipinski definition) is 0. The first-order valence-corrected chi connectivity index (χ1v) is 9.37. The standard InChI is InChI=1S/C24H19FN2O3/c1-15-5-3-4-6-20(15)21-10-9-17(11-19(21)14-29-2)24-26-23(27-30-24)16-7-8-18(13-28)22(25)12-16/h3-13H,14H2,1-2H3. The molecule has 0 N–H and O–H groups in total. The van der Waals surface area contributed by atoms with Gasteiger partial charge in [-0.25, -0.2) is 4.39 Å². The van der Waals surface area contributed by atoms with Crippen molar-refractivity contribution >= 4 is 6.29 Å². The van der Waals surface area contributed by atoms with Crippen LogP contribution < -0.4 is 0 Å². The highest BCUT2D eigenvalue weighted by Crippen LogP contribution is 2.31. The first kappa shape index (κ1) is 19.7. The van der Waals surface area contributed by atoms with Crippen LogP contribution in [0.5, 0.6) is 0 Å². The highest BCUT2D eigenvalue weighted by atomic mass is 19.1. The highest BCUT2D eigenvalue weighted by molar-refractivity contribution is 5.77. The quantitative estimate of drug-likeness (QED) is 0.400. The molecule has 0 amide bonds. The number of aryl methyl sites for hydroxylation is 1. The second-order valence-corrected chi connectivity index (χ2v) is 6.90. The molecule has 0 aliphatic heterocycles. The third-order valence-electron chi connectivity index (χ3n) is 4.90. The summed E-state index contributed by atoms with van der Waals surface area (Å²) >= 11 is 0. The predicted molar refractivity (Wildman–Crippen MR) is 111 cm³/mol. The maximum Gasteiger partial charge on any atom is 0.258 e. The van der Waals surface area contributed by atoms with Gasteiger partial charge in [0.15, 0.2) is 6.29 Å². The van der Waals surface area contributed by atoms with Gasteiger partial charge in [-0.15, -0.1) is 0 Å². The van der Waals surface area contributed by atoms with Gasteiger partial charge in [-0.1, -0.05) is 41.6 Å². The van der Waals surface area contributed by atoms with Crippen molar-refractivity contribution in [2.24, 2.45) is 0 Å². The fourth-order valence-corrected chi connectivity index (χ4v) is 3.36. The van der Waals surface area contributed by atoms with Crippen LogP contribution in [0.1, 0.15) is 21.5 Å². The van der Waals surface area contributed by atoms with Crippen molar-refractivity contribution in [3.05, 3.63) is 83.2 Å². The van der Waals surface area contributed by atoms with Crippen LogP contribution in [0.25, 0.3) is 34.0 Å². The van der Waals surface area contributed by atoms with Crippen LogP contribution in [0.4, 0.5) is 4.39 Å². The lowest BCUT2D eigenvalue weighted by molar-refractivity contribution is 0.112. The number of aromatic nitrogens is 2. The van der Waals surface area contributed by atoms with E-state index in [0.29, 0.717) is 24.3 Å². The van der Waals surface area contributed by atoms with Crippen LogP contribution in [-0.4, -0.2) is 23.5 Å². The van der Waals surface area contributed by atoms with Gasteiger partial charge in [0.05, 0.1) is 12.2 Å². The number of rotatable bonds is 6. The Bertz CT molecular complexity index is 1220. The Morgan fingerprint density at radius 2 is 1.83 bits per heavy atom. The average molecular weight is 402 g/mol. The Kier molecular flexibility index (Phi) is 5.50. The van der Waals surface area contributed by atoms with Gasteiger partial charge in [-0.2, -0.15) is 4.98 Å². The predicted octanol–water partition coefficient (Wildman–Crippen LogP) is 5.48. The lowest BCUT2D eigenvalue weighted by atomic mass is 9.94. The minimum absolute atomic E-state index is 0.0153. The molecule has 0 spiro atoms. The zero-order chi connectivity index (χ0) is 21.1. The Morgan fingerprint density at radius 3 is 2.57 bits per heavy atom. The summed E-state index contributed by atoms with van der Waals surface area (Å²) in [5, 5.41) is 3.96. The second kappa shape index (κ2) is 8.39. The molecule has 150 valence electrons. The average Bonchev–Trinajstić information content (AvgIpc) is 3.25. The maximum absolute atomic E-state index is 13.9. The Hall–Kier alpha value is -3.64. The van der Waals surface area contributed by atoms with Crippen molar-refractivity contribution in [1.29, 1.82) is 0 Å². The van der Waals surface area contributed by atoms with E-state index in [1.54, 1.807) is 13.2 Å². The molecule has 6 heteroatoms. The summed E-state index contributed by atoms with van der Waals surface area (Å²) in [5.41, 5.74) is 5.52. The van der Waals surface area contributed by atoms with E-state index in [1.165, 1.54) is 17.7 Å². The fourth-order valence-electron chi connectivity index (χ4n) is 3.36. The van der Waals surface area contributed by atoms with E-state index >= 15 is 0 Å². The summed E-state index contributed by atoms with van der Waals surface area (Å²) in [5.74, 6) is -0.0602. The molecule has 0 saturated carbocycles. The first-order chi connectivity index (χ1) is 14.6. The van der Waals surface area contributed by atoms with E-state index in [1.807, 2.05) is 30.3 Å². The molecule has 0 atom stereocenters. The molecule has 3 aromatic carbocycles. The van der Waals surface area contributed by atoms with Gasteiger partial charge >= 0.3 is 0 Å². The summed E-state index contributed by atoms with van der Waals surface area (Å²) < 4.78 is 24.7. The number of nitrogens with zero attached hydrogens (tertiary/aromatic N) is 2. The molecule has 1 heterocycles. The molecule has 0 saturated heterocycles. The monoisotopic (exact) mass is 402 g/mol. The number of halogens is 1. The van der Waals surface area contributed by atoms with Crippen molar-refractivity contribution in [3.8, 4) is 34.0 Å². The van der Waals surface area contributed by atoms with Crippen molar-refractivity contribution < 1.29 is 18.4 Å². The Labute approximate surface area is 173 Å². The van der Waals surface area contributed by atoms with Gasteiger partial charge in [0.25, 0.3) is 5.89 Å². The number of benzene rings is 3. The zero-order valence-electron chi connectivity index (χ0n) is 16.6. The summed E-state index contributed by atoms with van der Waals surface area (Å²) in [6.07, 6.45) is 0.466. The van der Waals surface area contributed by atoms with Crippen LogP contribution in [0.15, 0.2) is 65.2 Å². The number of aldehydes is 1. The first-order valence-electron chi connectivity index (χ1n) is 9.37. The molecular formula is C24H19FN2O3.